The molecule has 1 saturated heterocycles. The molecule has 0 N–H and O–H groups in total. The third-order valence-electron chi connectivity index (χ3n) is 4.30. The number of anilines is 1. The van der Waals surface area contributed by atoms with Crippen LogP contribution in [-0.2, 0) is 10.0 Å². The maximum Gasteiger partial charge on any atom is 0.244 e. The van der Waals surface area contributed by atoms with Crippen LogP contribution in [0.15, 0.2) is 47.9 Å². The Hall–Kier alpha value is -2.52. The van der Waals surface area contributed by atoms with Gasteiger partial charge in [-0.3, -0.25) is 4.98 Å². The van der Waals surface area contributed by atoms with Gasteiger partial charge in [0.15, 0.2) is 5.82 Å². The normalized spacial score (nSPS) is 16.4. The monoisotopic (exact) mass is 358 g/mol. The molecule has 0 amide bonds. The van der Waals surface area contributed by atoms with Gasteiger partial charge in [-0.25, -0.2) is 17.9 Å². The second-order valence-electron chi connectivity index (χ2n) is 5.95. The molecular formula is C16H18N6O2S. The first kappa shape index (κ1) is 16.0. The number of hydrogen-bond acceptors (Lipinski definition) is 6. The van der Waals surface area contributed by atoms with E-state index in [-0.39, 0.29) is 4.90 Å². The Labute approximate surface area is 145 Å². The van der Waals surface area contributed by atoms with E-state index in [1.165, 1.54) is 10.5 Å². The summed E-state index contributed by atoms with van der Waals surface area (Å²) in [5.74, 6) is 0.835. The van der Waals surface area contributed by atoms with Crippen LogP contribution in [0.4, 0.5) is 5.82 Å². The minimum atomic E-state index is -3.50. The molecule has 0 bridgehead atoms. The molecule has 0 unspecified atom stereocenters. The second kappa shape index (κ2) is 6.08. The first-order chi connectivity index (χ1) is 12.1. The van der Waals surface area contributed by atoms with Crippen molar-refractivity contribution in [3.63, 3.8) is 0 Å². The first-order valence-corrected chi connectivity index (χ1v) is 9.46. The minimum absolute atomic E-state index is 0.232. The summed E-state index contributed by atoms with van der Waals surface area (Å²) in [6.45, 7) is 3.92. The van der Waals surface area contributed by atoms with Gasteiger partial charge in [0.2, 0.25) is 10.0 Å². The lowest BCUT2D eigenvalue weighted by Gasteiger charge is -2.34. The van der Waals surface area contributed by atoms with Gasteiger partial charge in [0.25, 0.3) is 0 Å². The van der Waals surface area contributed by atoms with Crippen molar-refractivity contribution < 1.29 is 8.42 Å². The molecule has 3 aromatic rings. The van der Waals surface area contributed by atoms with Crippen LogP contribution in [0, 0.1) is 6.92 Å². The van der Waals surface area contributed by atoms with Crippen molar-refractivity contribution in [2.24, 2.45) is 0 Å². The van der Waals surface area contributed by atoms with Crippen LogP contribution in [0.5, 0.6) is 0 Å². The number of piperazine rings is 1. The summed E-state index contributed by atoms with van der Waals surface area (Å²) in [5.41, 5.74) is 1.86. The Morgan fingerprint density at radius 2 is 1.92 bits per heavy atom. The highest BCUT2D eigenvalue weighted by molar-refractivity contribution is 7.89. The van der Waals surface area contributed by atoms with E-state index < -0.39 is 10.0 Å². The molecule has 0 radical (unpaired) electrons. The molecule has 0 atom stereocenters. The largest absolute Gasteiger partial charge is 0.352 e. The van der Waals surface area contributed by atoms with E-state index in [9.17, 15) is 8.42 Å². The Morgan fingerprint density at radius 1 is 1.12 bits per heavy atom. The van der Waals surface area contributed by atoms with Crippen LogP contribution in [0.25, 0.3) is 5.52 Å². The molecule has 8 nitrogen and oxygen atoms in total. The Bertz CT molecular complexity index is 994. The molecule has 3 aromatic heterocycles. The van der Waals surface area contributed by atoms with Gasteiger partial charge in [-0.2, -0.15) is 9.40 Å². The molecule has 25 heavy (non-hydrogen) atoms. The number of aryl methyl sites for hydroxylation is 1. The van der Waals surface area contributed by atoms with E-state index in [1.807, 2.05) is 19.2 Å². The van der Waals surface area contributed by atoms with Crippen molar-refractivity contribution in [1.29, 1.82) is 0 Å². The number of sulfonamides is 1. The molecule has 1 fully saturated rings. The van der Waals surface area contributed by atoms with Crippen LogP contribution < -0.4 is 4.90 Å². The zero-order valence-electron chi connectivity index (χ0n) is 13.8. The van der Waals surface area contributed by atoms with E-state index >= 15 is 0 Å². The maximum atomic E-state index is 12.7. The molecule has 0 aliphatic carbocycles. The Balaban J connectivity index is 1.55. The molecule has 0 spiro atoms. The predicted molar refractivity (Wildman–Crippen MR) is 92.9 cm³/mol. The van der Waals surface area contributed by atoms with Gasteiger partial charge in [0.05, 0.1) is 5.69 Å². The van der Waals surface area contributed by atoms with Crippen molar-refractivity contribution in [3.8, 4) is 0 Å². The maximum absolute atomic E-state index is 12.7. The zero-order valence-corrected chi connectivity index (χ0v) is 14.6. The minimum Gasteiger partial charge on any atom is -0.352 e. The van der Waals surface area contributed by atoms with Gasteiger partial charge >= 0.3 is 0 Å². The lowest BCUT2D eigenvalue weighted by atomic mass is 10.3. The standard InChI is InChI=1S/C16H18N6O2S/c1-13-11-15-16(18-5-6-22(15)19-13)20-7-9-21(10-8-20)25(23,24)14-3-2-4-17-12-14/h2-6,11-12H,7-10H2,1H3. The summed E-state index contributed by atoms with van der Waals surface area (Å²) in [5, 5.41) is 4.40. The summed E-state index contributed by atoms with van der Waals surface area (Å²) in [4.78, 5) is 10.7. The number of aromatic nitrogens is 4. The summed E-state index contributed by atoms with van der Waals surface area (Å²) in [7, 11) is -3.50. The third kappa shape index (κ3) is 2.85. The molecule has 0 saturated carbocycles. The molecule has 1 aliphatic rings. The fourth-order valence-corrected chi connectivity index (χ4v) is 4.45. The van der Waals surface area contributed by atoms with Crippen LogP contribution in [-0.4, -0.2) is 58.5 Å². The Kier molecular flexibility index (Phi) is 3.89. The quantitative estimate of drug-likeness (QED) is 0.693. The summed E-state index contributed by atoms with van der Waals surface area (Å²) in [6.07, 6.45) is 6.48. The zero-order chi connectivity index (χ0) is 17.4. The van der Waals surface area contributed by atoms with E-state index in [2.05, 4.69) is 20.0 Å². The van der Waals surface area contributed by atoms with Crippen LogP contribution in [0.1, 0.15) is 5.69 Å². The highest BCUT2D eigenvalue weighted by Gasteiger charge is 2.29. The smallest absolute Gasteiger partial charge is 0.244 e. The van der Waals surface area contributed by atoms with Gasteiger partial charge in [0.1, 0.15) is 10.4 Å². The molecule has 4 heterocycles. The lowest BCUT2D eigenvalue weighted by molar-refractivity contribution is 0.384. The van der Waals surface area contributed by atoms with E-state index in [0.717, 1.165) is 17.0 Å². The van der Waals surface area contributed by atoms with E-state index in [1.54, 1.807) is 29.0 Å². The second-order valence-corrected chi connectivity index (χ2v) is 7.88. The topological polar surface area (TPSA) is 83.7 Å². The third-order valence-corrected chi connectivity index (χ3v) is 6.18. The highest BCUT2D eigenvalue weighted by atomic mass is 32.2. The van der Waals surface area contributed by atoms with E-state index in [4.69, 9.17) is 0 Å². The van der Waals surface area contributed by atoms with Gasteiger partial charge < -0.3 is 4.90 Å². The number of rotatable bonds is 3. The lowest BCUT2D eigenvalue weighted by Crippen LogP contribution is -2.49. The molecule has 130 valence electrons. The van der Waals surface area contributed by atoms with Crippen LogP contribution >= 0.6 is 0 Å². The molecule has 4 rings (SSSR count). The first-order valence-electron chi connectivity index (χ1n) is 8.02. The number of nitrogens with zero attached hydrogens (tertiary/aromatic N) is 6. The summed E-state index contributed by atoms with van der Waals surface area (Å²) >= 11 is 0. The van der Waals surface area contributed by atoms with Crippen molar-refractivity contribution in [3.05, 3.63) is 48.7 Å². The predicted octanol–water partition coefficient (Wildman–Crippen LogP) is 0.944. The van der Waals surface area contributed by atoms with Crippen LogP contribution in [0.3, 0.4) is 0 Å². The van der Waals surface area contributed by atoms with Crippen molar-refractivity contribution in [2.45, 2.75) is 11.8 Å². The number of fused-ring (bicyclic) bond motifs is 1. The fraction of sp³-hybridized carbons (Fsp3) is 0.312. The van der Waals surface area contributed by atoms with Gasteiger partial charge in [-0.15, -0.1) is 0 Å². The summed E-state index contributed by atoms with van der Waals surface area (Å²) < 4.78 is 28.7. The SMILES string of the molecule is Cc1cc2c(N3CCN(S(=O)(=O)c4cccnc4)CC3)nccn2n1. The van der Waals surface area contributed by atoms with Gasteiger partial charge in [0, 0.05) is 51.0 Å². The highest BCUT2D eigenvalue weighted by Crippen LogP contribution is 2.23. The van der Waals surface area contributed by atoms with Crippen molar-refractivity contribution in [1.82, 2.24) is 23.9 Å². The van der Waals surface area contributed by atoms with Crippen LogP contribution in [0.2, 0.25) is 0 Å². The average Bonchev–Trinajstić information content (AvgIpc) is 3.02. The number of pyridine rings is 1. The fourth-order valence-electron chi connectivity index (χ4n) is 3.06. The van der Waals surface area contributed by atoms with Gasteiger partial charge in [-0.05, 0) is 25.1 Å². The molecular weight excluding hydrogens is 340 g/mol. The van der Waals surface area contributed by atoms with Crippen molar-refractivity contribution >= 4 is 21.4 Å². The summed E-state index contributed by atoms with van der Waals surface area (Å²) in [6, 6.07) is 5.20. The molecule has 1 aliphatic heterocycles. The average molecular weight is 358 g/mol. The molecule has 9 heteroatoms. The molecule has 0 aromatic carbocycles. The Morgan fingerprint density at radius 3 is 2.64 bits per heavy atom. The van der Waals surface area contributed by atoms with E-state index in [0.29, 0.717) is 26.2 Å². The van der Waals surface area contributed by atoms with Gasteiger partial charge in [-0.1, -0.05) is 0 Å². The number of hydrogen-bond donors (Lipinski definition) is 0. The van der Waals surface area contributed by atoms with Crippen molar-refractivity contribution in [2.75, 3.05) is 31.1 Å².